The molecular formula is C15H12O5. The fraction of sp³-hybridized carbons (Fsp3) is 0.133. The number of ketones is 1. The zero-order valence-corrected chi connectivity index (χ0v) is 10.8. The Morgan fingerprint density at radius 2 is 2.00 bits per heavy atom. The molecule has 0 aliphatic rings. The van der Waals surface area contributed by atoms with Crippen molar-refractivity contribution >= 4 is 22.5 Å². The summed E-state index contributed by atoms with van der Waals surface area (Å²) in [4.78, 5) is 34.7. The molecule has 5 heteroatoms. The average molecular weight is 272 g/mol. The predicted molar refractivity (Wildman–Crippen MR) is 72.6 cm³/mol. The van der Waals surface area contributed by atoms with Gasteiger partial charge in [0.25, 0.3) is 0 Å². The SMILES string of the molecule is C=C(C)C(=O)OCC(=O)c1cc2ccccc2c(=O)o1. The zero-order valence-electron chi connectivity index (χ0n) is 10.8. The highest BCUT2D eigenvalue weighted by atomic mass is 16.5. The molecule has 0 fully saturated rings. The first-order valence-electron chi connectivity index (χ1n) is 5.88. The van der Waals surface area contributed by atoms with Gasteiger partial charge in [0.15, 0.2) is 12.4 Å². The van der Waals surface area contributed by atoms with Crippen LogP contribution in [0.15, 0.2) is 51.7 Å². The van der Waals surface area contributed by atoms with Crippen LogP contribution in [0.2, 0.25) is 0 Å². The average Bonchev–Trinajstić information content (AvgIpc) is 2.44. The largest absolute Gasteiger partial charge is 0.454 e. The van der Waals surface area contributed by atoms with Crippen LogP contribution >= 0.6 is 0 Å². The molecule has 2 rings (SSSR count). The number of benzene rings is 1. The summed E-state index contributed by atoms with van der Waals surface area (Å²) in [6.45, 7) is 4.38. The third-order valence-electron chi connectivity index (χ3n) is 2.63. The van der Waals surface area contributed by atoms with Crippen molar-refractivity contribution in [3.8, 4) is 0 Å². The van der Waals surface area contributed by atoms with Crippen LogP contribution in [0.1, 0.15) is 17.5 Å². The maximum Gasteiger partial charge on any atom is 0.344 e. The Morgan fingerprint density at radius 3 is 2.70 bits per heavy atom. The highest BCUT2D eigenvalue weighted by molar-refractivity contribution is 5.99. The minimum absolute atomic E-state index is 0.136. The number of hydrogen-bond donors (Lipinski definition) is 0. The number of fused-ring (bicyclic) bond motifs is 1. The van der Waals surface area contributed by atoms with Crippen molar-refractivity contribution in [2.24, 2.45) is 0 Å². The Hall–Kier alpha value is -2.69. The Morgan fingerprint density at radius 1 is 1.30 bits per heavy atom. The van der Waals surface area contributed by atoms with Crippen LogP contribution in [0.25, 0.3) is 10.8 Å². The van der Waals surface area contributed by atoms with E-state index < -0.39 is 24.0 Å². The molecule has 0 aliphatic heterocycles. The molecule has 0 saturated heterocycles. The van der Waals surface area contributed by atoms with Gasteiger partial charge in [0, 0.05) is 5.57 Å². The lowest BCUT2D eigenvalue weighted by atomic mass is 10.1. The molecule has 1 aromatic heterocycles. The number of ether oxygens (including phenoxy) is 1. The van der Waals surface area contributed by atoms with Crippen LogP contribution in [0.5, 0.6) is 0 Å². The zero-order chi connectivity index (χ0) is 14.7. The molecule has 0 bridgehead atoms. The van der Waals surface area contributed by atoms with Crippen LogP contribution in [-0.2, 0) is 9.53 Å². The first-order valence-corrected chi connectivity index (χ1v) is 5.88. The molecule has 0 atom stereocenters. The van der Waals surface area contributed by atoms with Gasteiger partial charge in [-0.15, -0.1) is 0 Å². The summed E-state index contributed by atoms with van der Waals surface area (Å²) in [6.07, 6.45) is 0. The lowest BCUT2D eigenvalue weighted by molar-refractivity contribution is -0.137. The number of Topliss-reactive ketones (excluding diaryl/α,β-unsaturated/α-hetero) is 1. The van der Waals surface area contributed by atoms with Crippen molar-refractivity contribution in [1.29, 1.82) is 0 Å². The molecule has 0 N–H and O–H groups in total. The summed E-state index contributed by atoms with van der Waals surface area (Å²) in [7, 11) is 0. The Labute approximate surface area is 114 Å². The Kier molecular flexibility index (Phi) is 3.79. The minimum Gasteiger partial charge on any atom is -0.454 e. The number of hydrogen-bond acceptors (Lipinski definition) is 5. The minimum atomic E-state index is -0.665. The Bertz CT molecular complexity index is 754. The Balaban J connectivity index is 2.25. The van der Waals surface area contributed by atoms with Gasteiger partial charge in [0.05, 0.1) is 5.39 Å². The van der Waals surface area contributed by atoms with Crippen molar-refractivity contribution < 1.29 is 18.7 Å². The summed E-state index contributed by atoms with van der Waals surface area (Å²) >= 11 is 0. The monoisotopic (exact) mass is 272 g/mol. The van der Waals surface area contributed by atoms with E-state index in [4.69, 9.17) is 9.15 Å². The van der Waals surface area contributed by atoms with E-state index >= 15 is 0 Å². The standard InChI is InChI=1S/C15H12O5/c1-9(2)14(17)19-8-12(16)13-7-10-5-3-4-6-11(10)15(18)20-13/h3-7H,1,8H2,2H3. The lowest BCUT2D eigenvalue weighted by Gasteiger charge is -2.03. The summed E-state index contributed by atoms with van der Waals surface area (Å²) < 4.78 is 9.65. The molecule has 20 heavy (non-hydrogen) atoms. The van der Waals surface area contributed by atoms with Crippen molar-refractivity contribution in [2.45, 2.75) is 6.92 Å². The fourth-order valence-electron chi connectivity index (χ4n) is 1.60. The second-order valence-electron chi connectivity index (χ2n) is 4.26. The van der Waals surface area contributed by atoms with E-state index in [-0.39, 0.29) is 11.3 Å². The van der Waals surface area contributed by atoms with E-state index in [0.717, 1.165) is 0 Å². The van der Waals surface area contributed by atoms with Gasteiger partial charge in [-0.05, 0) is 24.4 Å². The summed E-state index contributed by atoms with van der Waals surface area (Å²) in [5, 5.41) is 0.987. The maximum atomic E-state index is 11.8. The van der Waals surface area contributed by atoms with E-state index in [9.17, 15) is 14.4 Å². The number of carbonyl (C=O) groups excluding carboxylic acids is 2. The van der Waals surface area contributed by atoms with Gasteiger partial charge in [-0.1, -0.05) is 24.8 Å². The van der Waals surface area contributed by atoms with Gasteiger partial charge in [0.2, 0.25) is 5.78 Å². The van der Waals surface area contributed by atoms with E-state index in [2.05, 4.69) is 6.58 Å². The quantitative estimate of drug-likeness (QED) is 0.484. The second kappa shape index (κ2) is 5.52. The third kappa shape index (κ3) is 2.83. The molecule has 0 amide bonds. The molecule has 102 valence electrons. The van der Waals surface area contributed by atoms with Gasteiger partial charge in [-0.25, -0.2) is 9.59 Å². The van der Waals surface area contributed by atoms with Gasteiger partial charge in [-0.2, -0.15) is 0 Å². The number of carbonyl (C=O) groups is 2. The van der Waals surface area contributed by atoms with Crippen molar-refractivity contribution in [2.75, 3.05) is 6.61 Å². The highest BCUT2D eigenvalue weighted by Gasteiger charge is 2.14. The summed E-state index contributed by atoms with van der Waals surface area (Å²) in [5.74, 6) is -1.38. The van der Waals surface area contributed by atoms with E-state index in [1.165, 1.54) is 13.0 Å². The molecular weight excluding hydrogens is 260 g/mol. The summed E-state index contributed by atoms with van der Waals surface area (Å²) in [6, 6.07) is 8.21. The third-order valence-corrected chi connectivity index (χ3v) is 2.63. The normalized spacial score (nSPS) is 10.2. The van der Waals surface area contributed by atoms with Crippen LogP contribution in [0.3, 0.4) is 0 Å². The van der Waals surface area contributed by atoms with Crippen LogP contribution in [-0.4, -0.2) is 18.4 Å². The molecule has 0 saturated carbocycles. The van der Waals surface area contributed by atoms with Gasteiger partial charge >= 0.3 is 11.6 Å². The van der Waals surface area contributed by atoms with Gasteiger partial charge in [0.1, 0.15) is 0 Å². The van der Waals surface area contributed by atoms with Crippen LogP contribution in [0.4, 0.5) is 0 Å². The maximum absolute atomic E-state index is 11.8. The van der Waals surface area contributed by atoms with Gasteiger partial charge < -0.3 is 9.15 Å². The topological polar surface area (TPSA) is 73.6 Å². The molecule has 1 aromatic carbocycles. The molecule has 1 heterocycles. The number of rotatable bonds is 4. The fourth-order valence-corrected chi connectivity index (χ4v) is 1.60. The summed E-state index contributed by atoms with van der Waals surface area (Å²) in [5.41, 5.74) is -0.407. The molecule has 0 radical (unpaired) electrons. The predicted octanol–water partition coefficient (Wildman–Crippen LogP) is 2.10. The van der Waals surface area contributed by atoms with Crippen molar-refractivity contribution in [3.05, 3.63) is 58.7 Å². The first-order chi connectivity index (χ1) is 9.49. The van der Waals surface area contributed by atoms with Crippen LogP contribution in [0, 0.1) is 0 Å². The molecule has 0 unspecified atom stereocenters. The first kappa shape index (κ1) is 13.7. The van der Waals surface area contributed by atoms with Crippen LogP contribution < -0.4 is 5.63 Å². The molecule has 0 spiro atoms. The highest BCUT2D eigenvalue weighted by Crippen LogP contribution is 2.12. The van der Waals surface area contributed by atoms with Gasteiger partial charge in [-0.3, -0.25) is 4.79 Å². The molecule has 0 aliphatic carbocycles. The molecule has 2 aromatic rings. The van der Waals surface area contributed by atoms with E-state index in [1.54, 1.807) is 24.3 Å². The molecule has 5 nitrogen and oxygen atoms in total. The second-order valence-corrected chi connectivity index (χ2v) is 4.26. The van der Waals surface area contributed by atoms with Crippen molar-refractivity contribution in [1.82, 2.24) is 0 Å². The lowest BCUT2D eigenvalue weighted by Crippen LogP contribution is -2.16. The van der Waals surface area contributed by atoms with E-state index in [0.29, 0.717) is 10.8 Å². The smallest absolute Gasteiger partial charge is 0.344 e. The number of esters is 1. The van der Waals surface area contributed by atoms with E-state index in [1.807, 2.05) is 0 Å². The van der Waals surface area contributed by atoms with Crippen molar-refractivity contribution in [3.63, 3.8) is 0 Å².